The molecular weight excluding hydrogens is 472 g/mol. The topological polar surface area (TPSA) is 92.8 Å². The van der Waals surface area contributed by atoms with Gasteiger partial charge in [0, 0.05) is 22.2 Å². The molecule has 1 N–H and O–H groups in total. The Morgan fingerprint density at radius 2 is 1.68 bits per heavy atom. The van der Waals surface area contributed by atoms with Crippen LogP contribution in [0.15, 0.2) is 77.7 Å². The van der Waals surface area contributed by atoms with Gasteiger partial charge in [0.25, 0.3) is 15.9 Å². The lowest BCUT2D eigenvalue weighted by Gasteiger charge is -2.19. The summed E-state index contributed by atoms with van der Waals surface area (Å²) in [6.45, 7) is 0.380. The van der Waals surface area contributed by atoms with E-state index in [-0.39, 0.29) is 10.5 Å². The number of nitrogens with one attached hydrogen (secondary N) is 1. The lowest BCUT2D eigenvalue weighted by atomic mass is 10.2. The number of fused-ring (bicyclic) bond motifs is 2. The number of nitrogens with zero attached hydrogens (tertiary/aromatic N) is 1. The second-order valence-electron chi connectivity index (χ2n) is 7.73. The maximum Gasteiger partial charge on any atom is 0.350 e. The quantitative estimate of drug-likeness (QED) is 0.408. The molecule has 0 atom stereocenters. The van der Waals surface area contributed by atoms with Crippen LogP contribution in [-0.4, -0.2) is 33.9 Å². The van der Waals surface area contributed by atoms with Crippen molar-refractivity contribution in [2.45, 2.75) is 11.3 Å². The number of sulfonamides is 1. The van der Waals surface area contributed by atoms with Gasteiger partial charge in [-0.05, 0) is 48.4 Å². The first-order valence-electron chi connectivity index (χ1n) is 10.5. The molecule has 7 nitrogen and oxygen atoms in total. The second kappa shape index (κ2) is 8.58. The molecule has 0 bridgehead atoms. The van der Waals surface area contributed by atoms with Crippen molar-refractivity contribution in [2.75, 3.05) is 23.3 Å². The highest BCUT2D eigenvalue weighted by molar-refractivity contribution is 7.92. The molecule has 0 saturated heterocycles. The van der Waals surface area contributed by atoms with Crippen molar-refractivity contribution in [1.29, 1.82) is 0 Å². The minimum Gasteiger partial charge on any atom is -0.465 e. The fourth-order valence-corrected chi connectivity index (χ4v) is 6.63. The highest BCUT2D eigenvalue weighted by Gasteiger charge is 2.30. The van der Waals surface area contributed by atoms with Gasteiger partial charge in [0.1, 0.15) is 4.88 Å². The van der Waals surface area contributed by atoms with E-state index < -0.39 is 21.9 Å². The van der Waals surface area contributed by atoms with E-state index in [2.05, 4.69) is 5.32 Å². The number of para-hydroxylation sites is 1. The number of carbonyl (C=O) groups is 2. The molecule has 9 heteroatoms. The number of esters is 1. The van der Waals surface area contributed by atoms with Crippen LogP contribution in [0.2, 0.25) is 0 Å². The minimum atomic E-state index is -3.75. The number of methoxy groups -OCH3 is 1. The third-order valence-electron chi connectivity index (χ3n) is 5.75. The average molecular weight is 493 g/mol. The van der Waals surface area contributed by atoms with Gasteiger partial charge in [0.15, 0.2) is 0 Å². The zero-order valence-electron chi connectivity index (χ0n) is 18.1. The number of carbonyl (C=O) groups excluding carboxylic acids is 2. The van der Waals surface area contributed by atoms with Crippen molar-refractivity contribution in [2.24, 2.45) is 0 Å². The van der Waals surface area contributed by atoms with Crippen LogP contribution in [0.5, 0.6) is 0 Å². The van der Waals surface area contributed by atoms with Gasteiger partial charge in [0.2, 0.25) is 0 Å². The number of hydrogen-bond acceptors (Lipinski definition) is 6. The Kier molecular flexibility index (Phi) is 5.59. The zero-order valence-corrected chi connectivity index (χ0v) is 19.8. The Labute approximate surface area is 200 Å². The van der Waals surface area contributed by atoms with E-state index in [0.717, 1.165) is 15.6 Å². The van der Waals surface area contributed by atoms with Gasteiger partial charge in [-0.1, -0.05) is 36.4 Å². The Balaban J connectivity index is 1.42. The third-order valence-corrected chi connectivity index (χ3v) is 8.73. The van der Waals surface area contributed by atoms with Crippen LogP contribution < -0.4 is 9.62 Å². The SMILES string of the molecule is COC(=O)c1sc2ccccc2c1NC(=O)c1ccc(S(=O)(=O)N2CCc3ccccc32)cc1. The predicted molar refractivity (Wildman–Crippen MR) is 132 cm³/mol. The maximum absolute atomic E-state index is 13.2. The van der Waals surface area contributed by atoms with Crippen molar-refractivity contribution in [3.05, 3.63) is 88.8 Å². The lowest BCUT2D eigenvalue weighted by Crippen LogP contribution is -2.29. The van der Waals surface area contributed by atoms with Crippen molar-refractivity contribution in [1.82, 2.24) is 0 Å². The van der Waals surface area contributed by atoms with Crippen molar-refractivity contribution in [3.8, 4) is 0 Å². The zero-order chi connectivity index (χ0) is 23.9. The molecule has 0 unspecified atom stereocenters. The van der Waals surface area contributed by atoms with E-state index in [0.29, 0.717) is 29.2 Å². The molecule has 34 heavy (non-hydrogen) atoms. The molecule has 0 saturated carbocycles. The standard InChI is InChI=1S/C25H20N2O5S2/c1-32-25(29)23-22(19-7-3-5-9-21(19)33-23)26-24(28)17-10-12-18(13-11-17)34(30,31)27-15-14-16-6-2-4-8-20(16)27/h2-13H,14-15H2,1H3,(H,26,28). The second-order valence-corrected chi connectivity index (χ2v) is 10.6. The van der Waals surface area contributed by atoms with Crippen LogP contribution in [0.1, 0.15) is 25.6 Å². The van der Waals surface area contributed by atoms with Crippen molar-refractivity contribution in [3.63, 3.8) is 0 Å². The lowest BCUT2D eigenvalue weighted by molar-refractivity contribution is 0.0607. The first-order valence-corrected chi connectivity index (χ1v) is 12.8. The van der Waals surface area contributed by atoms with Crippen LogP contribution in [0.3, 0.4) is 0 Å². The van der Waals surface area contributed by atoms with Gasteiger partial charge >= 0.3 is 5.97 Å². The Morgan fingerprint density at radius 3 is 2.44 bits per heavy atom. The average Bonchev–Trinajstić information content (AvgIpc) is 3.46. The Morgan fingerprint density at radius 1 is 0.971 bits per heavy atom. The number of anilines is 2. The molecule has 1 aromatic heterocycles. The molecule has 0 spiro atoms. The highest BCUT2D eigenvalue weighted by atomic mass is 32.2. The molecule has 3 aromatic carbocycles. The van der Waals surface area contributed by atoms with E-state index >= 15 is 0 Å². The Hall–Kier alpha value is -3.69. The van der Waals surface area contributed by atoms with Gasteiger partial charge < -0.3 is 10.1 Å². The molecule has 5 rings (SSSR count). The molecule has 172 valence electrons. The summed E-state index contributed by atoms with van der Waals surface area (Å²) in [4.78, 5) is 25.6. The highest BCUT2D eigenvalue weighted by Crippen LogP contribution is 2.37. The first-order chi connectivity index (χ1) is 16.4. The molecule has 1 amide bonds. The van der Waals surface area contributed by atoms with Crippen LogP contribution in [-0.2, 0) is 21.2 Å². The van der Waals surface area contributed by atoms with E-state index in [1.807, 2.05) is 42.5 Å². The summed E-state index contributed by atoms with van der Waals surface area (Å²) in [5.74, 6) is -0.993. The summed E-state index contributed by atoms with van der Waals surface area (Å²) < 4.78 is 33.5. The molecule has 0 radical (unpaired) electrons. The summed E-state index contributed by atoms with van der Waals surface area (Å²) in [7, 11) is -2.46. The van der Waals surface area contributed by atoms with Crippen molar-refractivity contribution >= 4 is 54.7 Å². The summed E-state index contributed by atoms with van der Waals surface area (Å²) in [6, 6.07) is 20.6. The van der Waals surface area contributed by atoms with Crippen molar-refractivity contribution < 1.29 is 22.7 Å². The minimum absolute atomic E-state index is 0.108. The molecule has 0 aliphatic carbocycles. The predicted octanol–water partition coefficient (Wildman–Crippen LogP) is 4.69. The van der Waals surface area contributed by atoms with E-state index in [4.69, 9.17) is 4.74 Å². The largest absolute Gasteiger partial charge is 0.465 e. The molecule has 2 heterocycles. The molecule has 4 aromatic rings. The number of amides is 1. The number of rotatable bonds is 5. The molecule has 1 aliphatic rings. The van der Waals surface area contributed by atoms with Crippen LogP contribution in [0.4, 0.5) is 11.4 Å². The van der Waals surface area contributed by atoms with Crippen LogP contribution in [0.25, 0.3) is 10.1 Å². The fourth-order valence-electron chi connectivity index (χ4n) is 4.05. The third kappa shape index (κ3) is 3.72. The normalized spacial score (nSPS) is 13.0. The maximum atomic E-state index is 13.2. The van der Waals surface area contributed by atoms with E-state index in [1.54, 1.807) is 6.07 Å². The number of ether oxygens (including phenoxy) is 1. The molecular formula is C25H20N2O5S2. The van der Waals surface area contributed by atoms with E-state index in [1.165, 1.54) is 47.0 Å². The molecule has 0 fully saturated rings. The fraction of sp³-hybridized carbons (Fsp3) is 0.120. The summed E-state index contributed by atoms with van der Waals surface area (Å²) in [5, 5.41) is 3.53. The molecule has 1 aliphatic heterocycles. The number of benzene rings is 3. The summed E-state index contributed by atoms with van der Waals surface area (Å²) in [5.41, 5.74) is 2.32. The first kappa shape index (κ1) is 22.1. The smallest absolute Gasteiger partial charge is 0.350 e. The van der Waals surface area contributed by atoms with Crippen LogP contribution in [0, 0.1) is 0 Å². The monoisotopic (exact) mass is 492 g/mol. The van der Waals surface area contributed by atoms with Gasteiger partial charge in [-0.25, -0.2) is 13.2 Å². The summed E-state index contributed by atoms with van der Waals surface area (Å²) in [6.07, 6.45) is 0.660. The van der Waals surface area contributed by atoms with E-state index in [9.17, 15) is 18.0 Å². The van der Waals surface area contributed by atoms with Gasteiger partial charge in [-0.2, -0.15) is 0 Å². The van der Waals surface area contributed by atoms with Gasteiger partial charge in [-0.15, -0.1) is 11.3 Å². The Bertz CT molecular complexity index is 1520. The van der Waals surface area contributed by atoms with Gasteiger partial charge in [-0.3, -0.25) is 9.10 Å². The van der Waals surface area contributed by atoms with Crippen LogP contribution >= 0.6 is 11.3 Å². The summed E-state index contributed by atoms with van der Waals surface area (Å²) >= 11 is 1.23. The number of thiophene rings is 1. The number of hydrogen-bond donors (Lipinski definition) is 1. The van der Waals surface area contributed by atoms with Gasteiger partial charge in [0.05, 0.1) is 23.4 Å².